The highest BCUT2D eigenvalue weighted by Gasteiger charge is 2.26. The van der Waals surface area contributed by atoms with Gasteiger partial charge in [-0.15, -0.1) is 6.58 Å². The zero-order valence-corrected chi connectivity index (χ0v) is 13.5. The van der Waals surface area contributed by atoms with Crippen molar-refractivity contribution >= 4 is 0 Å². The van der Waals surface area contributed by atoms with E-state index in [0.717, 1.165) is 12.0 Å². The van der Waals surface area contributed by atoms with Crippen molar-refractivity contribution in [1.29, 1.82) is 0 Å². The van der Waals surface area contributed by atoms with Gasteiger partial charge in [-0.1, -0.05) is 45.4 Å². The van der Waals surface area contributed by atoms with E-state index in [1.807, 2.05) is 32.0 Å². The number of allylic oxidation sites excluding steroid dienone is 1. The Balaban J connectivity index is 4.87. The van der Waals surface area contributed by atoms with Crippen LogP contribution in [0.4, 0.5) is 0 Å². The van der Waals surface area contributed by atoms with Crippen LogP contribution in [-0.2, 0) is 0 Å². The number of rotatable bonds is 9. The normalized spacial score (nSPS) is 19.6. The maximum Gasteiger partial charge on any atom is 0.122 e. The Hall–Kier alpha value is -0.640. The lowest BCUT2D eigenvalue weighted by Gasteiger charge is -2.35. The minimum atomic E-state index is -0.501. The molecule has 0 aromatic carbocycles. The summed E-state index contributed by atoms with van der Waals surface area (Å²) in [7, 11) is 3.75. The molecule has 0 bridgehead atoms. The summed E-state index contributed by atoms with van der Waals surface area (Å²) in [4.78, 5) is 1.81. The molecule has 2 N–H and O–H groups in total. The predicted molar refractivity (Wildman–Crippen MR) is 84.0 cm³/mol. The van der Waals surface area contributed by atoms with Gasteiger partial charge in [-0.3, -0.25) is 4.90 Å². The van der Waals surface area contributed by atoms with Crippen LogP contribution in [0.15, 0.2) is 24.8 Å². The van der Waals surface area contributed by atoms with Crippen molar-refractivity contribution in [2.24, 2.45) is 11.8 Å². The molecule has 5 atom stereocenters. The zero-order chi connectivity index (χ0) is 15.2. The molecule has 19 heavy (non-hydrogen) atoms. The van der Waals surface area contributed by atoms with Gasteiger partial charge < -0.3 is 10.4 Å². The molecule has 112 valence electrons. The minimum Gasteiger partial charge on any atom is -0.377 e. The lowest BCUT2D eigenvalue weighted by molar-refractivity contribution is 0.00856. The standard InChI is InChI=1S/C16H32N2O/c1-9-11(3)13(5)15(12(4)10-2)17-14(6)16(19)18(7)8/h9,11-12,14-17,19H,1,5,10H2,2-4,6-8H3. The van der Waals surface area contributed by atoms with E-state index in [1.54, 1.807) is 0 Å². The van der Waals surface area contributed by atoms with Crippen molar-refractivity contribution in [3.63, 3.8) is 0 Å². The topological polar surface area (TPSA) is 35.5 Å². The van der Waals surface area contributed by atoms with Crippen molar-refractivity contribution in [3.05, 3.63) is 24.8 Å². The lowest BCUT2D eigenvalue weighted by atomic mass is 9.86. The first-order valence-corrected chi connectivity index (χ1v) is 7.17. The molecule has 5 unspecified atom stereocenters. The molecular formula is C16H32N2O. The molecule has 0 aliphatic rings. The summed E-state index contributed by atoms with van der Waals surface area (Å²) in [6, 6.07) is 0.186. The molecule has 0 aliphatic carbocycles. The second kappa shape index (κ2) is 8.51. The largest absolute Gasteiger partial charge is 0.377 e. The van der Waals surface area contributed by atoms with Crippen molar-refractivity contribution in [1.82, 2.24) is 10.2 Å². The predicted octanol–water partition coefficient (Wildman–Crippen LogP) is 2.64. The monoisotopic (exact) mass is 268 g/mol. The van der Waals surface area contributed by atoms with E-state index in [0.29, 0.717) is 5.92 Å². The molecule has 0 aromatic rings. The number of aliphatic hydroxyl groups excluding tert-OH is 1. The SMILES string of the molecule is C=CC(C)C(=C)C(NC(C)C(O)N(C)C)C(C)CC. The number of aliphatic hydroxyl groups is 1. The highest BCUT2D eigenvalue weighted by atomic mass is 16.3. The van der Waals surface area contributed by atoms with Crippen molar-refractivity contribution in [2.75, 3.05) is 14.1 Å². The summed E-state index contributed by atoms with van der Waals surface area (Å²) in [5, 5.41) is 13.6. The molecule has 0 rings (SSSR count). The highest BCUT2D eigenvalue weighted by Crippen LogP contribution is 2.22. The van der Waals surface area contributed by atoms with E-state index in [4.69, 9.17) is 0 Å². The van der Waals surface area contributed by atoms with Gasteiger partial charge in [-0.2, -0.15) is 0 Å². The van der Waals surface area contributed by atoms with Crippen molar-refractivity contribution in [2.45, 2.75) is 52.4 Å². The first-order valence-electron chi connectivity index (χ1n) is 7.17. The number of likely N-dealkylation sites (N-methyl/N-ethyl adjacent to an activating group) is 1. The van der Waals surface area contributed by atoms with Crippen molar-refractivity contribution < 1.29 is 5.11 Å². The molecule has 0 fully saturated rings. The van der Waals surface area contributed by atoms with Crippen LogP contribution >= 0.6 is 0 Å². The van der Waals surface area contributed by atoms with Crippen LogP contribution < -0.4 is 5.32 Å². The molecule has 0 saturated heterocycles. The summed E-state index contributed by atoms with van der Waals surface area (Å²) < 4.78 is 0. The maximum atomic E-state index is 10.1. The number of nitrogens with zero attached hydrogens (tertiary/aromatic N) is 1. The molecule has 0 aliphatic heterocycles. The summed E-state index contributed by atoms with van der Waals surface area (Å²) >= 11 is 0. The Morgan fingerprint density at radius 2 is 1.84 bits per heavy atom. The maximum absolute atomic E-state index is 10.1. The van der Waals surface area contributed by atoms with Crippen LogP contribution in [0.3, 0.4) is 0 Å². The number of hydrogen-bond donors (Lipinski definition) is 2. The number of nitrogens with one attached hydrogen (secondary N) is 1. The Morgan fingerprint density at radius 3 is 2.21 bits per heavy atom. The van der Waals surface area contributed by atoms with E-state index >= 15 is 0 Å². The van der Waals surface area contributed by atoms with Crippen LogP contribution in [0, 0.1) is 11.8 Å². The molecule has 0 heterocycles. The third kappa shape index (κ3) is 5.47. The van der Waals surface area contributed by atoms with Crippen LogP contribution in [0.25, 0.3) is 0 Å². The van der Waals surface area contributed by atoms with Gasteiger partial charge in [-0.25, -0.2) is 0 Å². The third-order valence-corrected chi connectivity index (χ3v) is 3.97. The summed E-state index contributed by atoms with van der Waals surface area (Å²) in [6.45, 7) is 16.6. The van der Waals surface area contributed by atoms with Gasteiger partial charge >= 0.3 is 0 Å². The zero-order valence-electron chi connectivity index (χ0n) is 13.5. The lowest BCUT2D eigenvalue weighted by Crippen LogP contribution is -2.51. The average Bonchev–Trinajstić information content (AvgIpc) is 2.40. The second-order valence-electron chi connectivity index (χ2n) is 5.80. The van der Waals surface area contributed by atoms with Gasteiger partial charge in [0.15, 0.2) is 0 Å². The average molecular weight is 268 g/mol. The van der Waals surface area contributed by atoms with Crippen molar-refractivity contribution in [3.8, 4) is 0 Å². The summed E-state index contributed by atoms with van der Waals surface area (Å²) in [5.41, 5.74) is 1.14. The Labute approximate surface area is 119 Å². The molecule has 3 nitrogen and oxygen atoms in total. The van der Waals surface area contributed by atoms with Crippen LogP contribution in [0.5, 0.6) is 0 Å². The van der Waals surface area contributed by atoms with Crippen LogP contribution in [0.1, 0.15) is 34.1 Å². The fourth-order valence-electron chi connectivity index (χ4n) is 2.12. The Morgan fingerprint density at radius 1 is 1.32 bits per heavy atom. The smallest absolute Gasteiger partial charge is 0.122 e. The van der Waals surface area contributed by atoms with Crippen LogP contribution in [0.2, 0.25) is 0 Å². The van der Waals surface area contributed by atoms with Gasteiger partial charge in [0.25, 0.3) is 0 Å². The second-order valence-corrected chi connectivity index (χ2v) is 5.80. The molecule has 3 heteroatoms. The summed E-state index contributed by atoms with van der Waals surface area (Å²) in [6.07, 6.45) is 2.50. The van der Waals surface area contributed by atoms with E-state index < -0.39 is 6.23 Å². The van der Waals surface area contributed by atoms with E-state index in [2.05, 4.69) is 39.2 Å². The fourth-order valence-corrected chi connectivity index (χ4v) is 2.12. The molecular weight excluding hydrogens is 236 g/mol. The van der Waals surface area contributed by atoms with Gasteiger partial charge in [0, 0.05) is 12.1 Å². The molecule has 0 radical (unpaired) electrons. The van der Waals surface area contributed by atoms with Crippen LogP contribution in [-0.4, -0.2) is 42.4 Å². The van der Waals surface area contributed by atoms with Gasteiger partial charge in [0.05, 0.1) is 0 Å². The Kier molecular flexibility index (Phi) is 8.23. The number of hydrogen-bond acceptors (Lipinski definition) is 3. The molecule has 0 amide bonds. The van der Waals surface area contributed by atoms with E-state index in [9.17, 15) is 5.11 Å². The third-order valence-electron chi connectivity index (χ3n) is 3.97. The van der Waals surface area contributed by atoms with E-state index in [1.165, 1.54) is 0 Å². The van der Waals surface area contributed by atoms with Gasteiger partial charge in [0.1, 0.15) is 6.23 Å². The van der Waals surface area contributed by atoms with E-state index in [-0.39, 0.29) is 18.0 Å². The molecule has 0 saturated carbocycles. The Bertz CT molecular complexity index is 288. The van der Waals surface area contributed by atoms with Gasteiger partial charge in [0.2, 0.25) is 0 Å². The first kappa shape index (κ1) is 18.4. The molecule has 0 spiro atoms. The quantitative estimate of drug-likeness (QED) is 0.498. The summed E-state index contributed by atoms with van der Waals surface area (Å²) in [5.74, 6) is 0.752. The highest BCUT2D eigenvalue weighted by molar-refractivity contribution is 5.15. The molecule has 0 aromatic heterocycles. The minimum absolute atomic E-state index is 0.0113. The fraction of sp³-hybridized carbons (Fsp3) is 0.750. The van der Waals surface area contributed by atoms with Gasteiger partial charge in [-0.05, 0) is 32.9 Å². The first-order chi connectivity index (χ1) is 8.76.